The monoisotopic (exact) mass is 508 g/mol. The topological polar surface area (TPSA) is 68.9 Å². The molecule has 3 aromatic carbocycles. The minimum absolute atomic E-state index is 0.103. The normalized spacial score (nSPS) is 11.6. The molecule has 0 aliphatic heterocycles. The van der Waals surface area contributed by atoms with E-state index in [0.717, 1.165) is 33.5 Å². The fourth-order valence-electron chi connectivity index (χ4n) is 4.07. The SMILES string of the molecule is CC(C)Cn1c(-c2ccccc2-c2ccccc2)nn(CC(=O)NCc2cccc(C(F)(F)F)c2)c1=O. The second-order valence-corrected chi connectivity index (χ2v) is 9.15. The van der Waals surface area contributed by atoms with Gasteiger partial charge >= 0.3 is 11.9 Å². The molecule has 0 radical (unpaired) electrons. The molecule has 1 N–H and O–H groups in total. The van der Waals surface area contributed by atoms with Crippen LogP contribution in [0, 0.1) is 5.92 Å². The predicted octanol–water partition coefficient (Wildman–Crippen LogP) is 5.37. The summed E-state index contributed by atoms with van der Waals surface area (Å²) >= 11 is 0. The van der Waals surface area contributed by atoms with Crippen LogP contribution in [0.2, 0.25) is 0 Å². The number of hydrogen-bond acceptors (Lipinski definition) is 3. The first kappa shape index (κ1) is 25.9. The average molecular weight is 509 g/mol. The minimum atomic E-state index is -4.47. The molecule has 192 valence electrons. The van der Waals surface area contributed by atoms with Gasteiger partial charge in [-0.25, -0.2) is 9.48 Å². The number of carbonyl (C=O) groups excluding carboxylic acids is 1. The number of alkyl halides is 3. The molecule has 0 atom stereocenters. The quantitative estimate of drug-likeness (QED) is 0.348. The van der Waals surface area contributed by atoms with Gasteiger partial charge in [0.2, 0.25) is 5.91 Å². The maximum absolute atomic E-state index is 13.3. The zero-order valence-corrected chi connectivity index (χ0v) is 20.5. The van der Waals surface area contributed by atoms with Crippen LogP contribution < -0.4 is 11.0 Å². The van der Waals surface area contributed by atoms with Crippen molar-refractivity contribution in [3.8, 4) is 22.5 Å². The largest absolute Gasteiger partial charge is 0.416 e. The van der Waals surface area contributed by atoms with Crippen LogP contribution in [0.4, 0.5) is 13.2 Å². The summed E-state index contributed by atoms with van der Waals surface area (Å²) in [6.45, 7) is 3.91. The molecular formula is C28H27F3N4O2. The van der Waals surface area contributed by atoms with E-state index in [-0.39, 0.29) is 19.0 Å². The number of amides is 1. The molecule has 1 aromatic heterocycles. The van der Waals surface area contributed by atoms with Gasteiger partial charge in [0.05, 0.1) is 5.56 Å². The Labute approximate surface area is 212 Å². The van der Waals surface area contributed by atoms with Gasteiger partial charge in [-0.05, 0) is 34.7 Å². The van der Waals surface area contributed by atoms with E-state index in [9.17, 15) is 22.8 Å². The van der Waals surface area contributed by atoms with E-state index in [4.69, 9.17) is 0 Å². The van der Waals surface area contributed by atoms with Gasteiger partial charge in [0.1, 0.15) is 6.54 Å². The lowest BCUT2D eigenvalue weighted by atomic mass is 9.99. The molecular weight excluding hydrogens is 481 g/mol. The van der Waals surface area contributed by atoms with Crippen molar-refractivity contribution < 1.29 is 18.0 Å². The lowest BCUT2D eigenvalue weighted by Crippen LogP contribution is -2.34. The van der Waals surface area contributed by atoms with E-state index < -0.39 is 23.3 Å². The van der Waals surface area contributed by atoms with Gasteiger partial charge in [-0.3, -0.25) is 9.36 Å². The fraction of sp³-hybridized carbons (Fsp3) is 0.250. The smallest absolute Gasteiger partial charge is 0.350 e. The molecule has 0 bridgehead atoms. The molecule has 4 rings (SSSR count). The number of rotatable bonds is 8. The third kappa shape index (κ3) is 6.17. The molecule has 1 amide bonds. The summed E-state index contributed by atoms with van der Waals surface area (Å²) in [4.78, 5) is 25.9. The highest BCUT2D eigenvalue weighted by Gasteiger charge is 2.30. The van der Waals surface area contributed by atoms with E-state index in [1.807, 2.05) is 68.4 Å². The van der Waals surface area contributed by atoms with Crippen molar-refractivity contribution in [2.24, 2.45) is 5.92 Å². The van der Waals surface area contributed by atoms with Crippen molar-refractivity contribution >= 4 is 5.91 Å². The van der Waals surface area contributed by atoms with Crippen molar-refractivity contribution in [2.75, 3.05) is 0 Å². The molecule has 0 saturated carbocycles. The highest BCUT2D eigenvalue weighted by Crippen LogP contribution is 2.31. The van der Waals surface area contributed by atoms with Crippen molar-refractivity contribution in [1.82, 2.24) is 19.7 Å². The Bertz CT molecular complexity index is 1440. The summed E-state index contributed by atoms with van der Waals surface area (Å²) in [6.07, 6.45) is -4.47. The summed E-state index contributed by atoms with van der Waals surface area (Å²) in [5.74, 6) is 0.0631. The first-order valence-electron chi connectivity index (χ1n) is 11.9. The van der Waals surface area contributed by atoms with Crippen LogP contribution in [0.3, 0.4) is 0 Å². The Kier molecular flexibility index (Phi) is 7.61. The minimum Gasteiger partial charge on any atom is -0.350 e. The molecule has 0 spiro atoms. The summed E-state index contributed by atoms with van der Waals surface area (Å²) < 4.78 is 41.6. The Balaban J connectivity index is 1.61. The highest BCUT2D eigenvalue weighted by molar-refractivity contribution is 5.80. The highest BCUT2D eigenvalue weighted by atomic mass is 19.4. The zero-order chi connectivity index (χ0) is 26.6. The molecule has 0 aliphatic rings. The predicted molar refractivity (Wildman–Crippen MR) is 135 cm³/mol. The van der Waals surface area contributed by atoms with Gasteiger partial charge in [0.25, 0.3) is 0 Å². The lowest BCUT2D eigenvalue weighted by Gasteiger charge is -2.12. The van der Waals surface area contributed by atoms with Gasteiger partial charge in [-0.1, -0.05) is 80.6 Å². The van der Waals surface area contributed by atoms with Crippen molar-refractivity contribution in [1.29, 1.82) is 0 Å². The van der Waals surface area contributed by atoms with E-state index >= 15 is 0 Å². The van der Waals surface area contributed by atoms with E-state index in [2.05, 4.69) is 10.4 Å². The molecule has 0 aliphatic carbocycles. The van der Waals surface area contributed by atoms with Gasteiger partial charge in [0, 0.05) is 18.7 Å². The molecule has 0 fully saturated rings. The summed E-state index contributed by atoms with van der Waals surface area (Å²) in [7, 11) is 0. The Morgan fingerprint density at radius 2 is 1.62 bits per heavy atom. The fourth-order valence-corrected chi connectivity index (χ4v) is 4.07. The molecule has 0 unspecified atom stereocenters. The van der Waals surface area contributed by atoms with Crippen molar-refractivity contribution in [3.63, 3.8) is 0 Å². The molecule has 1 heterocycles. The zero-order valence-electron chi connectivity index (χ0n) is 20.5. The summed E-state index contributed by atoms with van der Waals surface area (Å²) in [5, 5.41) is 7.10. The van der Waals surface area contributed by atoms with Gasteiger partial charge < -0.3 is 5.32 Å². The number of aromatic nitrogens is 3. The molecule has 4 aromatic rings. The van der Waals surface area contributed by atoms with Crippen LogP contribution in [0.25, 0.3) is 22.5 Å². The number of benzene rings is 3. The number of nitrogens with one attached hydrogen (secondary N) is 1. The van der Waals surface area contributed by atoms with Crippen LogP contribution in [-0.4, -0.2) is 20.3 Å². The summed E-state index contributed by atoms with van der Waals surface area (Å²) in [5.41, 5.74) is 1.72. The number of nitrogens with zero attached hydrogens (tertiary/aromatic N) is 3. The Morgan fingerprint density at radius 1 is 0.946 bits per heavy atom. The average Bonchev–Trinajstić information content (AvgIpc) is 3.17. The van der Waals surface area contributed by atoms with Gasteiger partial charge in [-0.2, -0.15) is 13.2 Å². The number of halogens is 3. The third-order valence-electron chi connectivity index (χ3n) is 5.76. The maximum atomic E-state index is 13.3. The van der Waals surface area contributed by atoms with E-state index in [1.54, 1.807) is 4.57 Å². The maximum Gasteiger partial charge on any atom is 0.416 e. The standard InChI is InChI=1S/C28H27F3N4O2/c1-19(2)17-34-26(24-14-7-6-13-23(24)21-10-4-3-5-11-21)33-35(27(34)37)18-25(36)32-16-20-9-8-12-22(15-20)28(29,30)31/h3-15,19H,16-18H2,1-2H3,(H,32,36). The van der Waals surface area contributed by atoms with E-state index in [0.29, 0.717) is 17.9 Å². The third-order valence-corrected chi connectivity index (χ3v) is 5.76. The lowest BCUT2D eigenvalue weighted by molar-refractivity contribution is -0.137. The second kappa shape index (κ2) is 10.9. The number of carbonyl (C=O) groups is 1. The van der Waals surface area contributed by atoms with Crippen molar-refractivity contribution in [2.45, 2.75) is 39.7 Å². The summed E-state index contributed by atoms with van der Waals surface area (Å²) in [6, 6.07) is 22.1. The van der Waals surface area contributed by atoms with Crippen LogP contribution in [0.15, 0.2) is 83.7 Å². The Hall–Kier alpha value is -4.14. The van der Waals surface area contributed by atoms with E-state index in [1.165, 1.54) is 12.1 Å². The second-order valence-electron chi connectivity index (χ2n) is 9.15. The molecule has 37 heavy (non-hydrogen) atoms. The van der Waals surface area contributed by atoms with Crippen LogP contribution in [-0.2, 0) is 30.6 Å². The molecule has 9 heteroatoms. The van der Waals surface area contributed by atoms with Crippen LogP contribution in [0.5, 0.6) is 0 Å². The van der Waals surface area contributed by atoms with Crippen molar-refractivity contribution in [3.05, 3.63) is 100 Å². The van der Waals surface area contributed by atoms with Crippen LogP contribution >= 0.6 is 0 Å². The molecule has 6 nitrogen and oxygen atoms in total. The molecule has 0 saturated heterocycles. The van der Waals surface area contributed by atoms with Gasteiger partial charge in [-0.15, -0.1) is 5.10 Å². The number of hydrogen-bond donors (Lipinski definition) is 1. The Morgan fingerprint density at radius 3 is 2.30 bits per heavy atom. The van der Waals surface area contributed by atoms with Gasteiger partial charge in [0.15, 0.2) is 5.82 Å². The first-order chi connectivity index (χ1) is 17.6. The van der Waals surface area contributed by atoms with Crippen LogP contribution in [0.1, 0.15) is 25.0 Å². The first-order valence-corrected chi connectivity index (χ1v) is 11.9.